The Balaban J connectivity index is 1.41. The van der Waals surface area contributed by atoms with E-state index in [1.807, 2.05) is 62.4 Å². The first-order valence-corrected chi connectivity index (χ1v) is 8.80. The van der Waals surface area contributed by atoms with Gasteiger partial charge >= 0.3 is 6.03 Å². The molecule has 27 heavy (non-hydrogen) atoms. The molecule has 140 valence electrons. The molecule has 7 heteroatoms. The van der Waals surface area contributed by atoms with Gasteiger partial charge in [0.15, 0.2) is 0 Å². The van der Waals surface area contributed by atoms with Crippen molar-refractivity contribution >= 4 is 6.03 Å². The Kier molecular flexibility index (Phi) is 6.04. The average Bonchev–Trinajstić information content (AvgIpc) is 3.21. The van der Waals surface area contributed by atoms with Crippen molar-refractivity contribution in [1.29, 1.82) is 0 Å². The highest BCUT2D eigenvalue weighted by molar-refractivity contribution is 5.74. The summed E-state index contributed by atoms with van der Waals surface area (Å²) < 4.78 is 7.28. The third-order valence-electron chi connectivity index (χ3n) is 4.10. The summed E-state index contributed by atoms with van der Waals surface area (Å²) in [5.41, 5.74) is 3.11. The average molecular weight is 365 g/mol. The van der Waals surface area contributed by atoms with Gasteiger partial charge in [0, 0.05) is 0 Å². The summed E-state index contributed by atoms with van der Waals surface area (Å²) in [4.78, 5) is 16.0. The van der Waals surface area contributed by atoms with Crippen molar-refractivity contribution in [2.45, 2.75) is 19.9 Å². The smallest absolute Gasteiger partial charge is 0.315 e. The maximum Gasteiger partial charge on any atom is 0.315 e. The summed E-state index contributed by atoms with van der Waals surface area (Å²) >= 11 is 0. The quantitative estimate of drug-likeness (QED) is 0.631. The fourth-order valence-corrected chi connectivity index (χ4v) is 2.56. The topological polar surface area (TPSA) is 81.1 Å². The molecule has 2 amide bonds. The zero-order valence-corrected chi connectivity index (χ0v) is 15.4. The van der Waals surface area contributed by atoms with Gasteiger partial charge in [-0.05, 0) is 43.7 Å². The van der Waals surface area contributed by atoms with E-state index in [4.69, 9.17) is 4.74 Å². The molecule has 0 radical (unpaired) electrons. The van der Waals surface area contributed by atoms with Crippen molar-refractivity contribution in [3.05, 3.63) is 72.3 Å². The number of hydrogen-bond acceptors (Lipinski definition) is 4. The van der Waals surface area contributed by atoms with Crippen LogP contribution in [0.4, 0.5) is 4.79 Å². The molecule has 0 fully saturated rings. The number of urea groups is 1. The lowest BCUT2D eigenvalue weighted by Crippen LogP contribution is -2.38. The Morgan fingerprint density at radius 2 is 1.89 bits per heavy atom. The van der Waals surface area contributed by atoms with Crippen molar-refractivity contribution in [2.24, 2.45) is 0 Å². The van der Waals surface area contributed by atoms with Gasteiger partial charge in [0.2, 0.25) is 0 Å². The first kappa shape index (κ1) is 18.4. The number of carbonyl (C=O) groups is 1. The number of amides is 2. The Bertz CT molecular complexity index is 845. The summed E-state index contributed by atoms with van der Waals surface area (Å²) in [6.45, 7) is 4.81. The van der Waals surface area contributed by atoms with Crippen molar-refractivity contribution in [3.8, 4) is 11.4 Å². The van der Waals surface area contributed by atoms with Gasteiger partial charge < -0.3 is 15.4 Å². The van der Waals surface area contributed by atoms with Crippen LogP contribution in [0.3, 0.4) is 0 Å². The second-order valence-corrected chi connectivity index (χ2v) is 6.22. The Morgan fingerprint density at radius 1 is 1.15 bits per heavy atom. The highest BCUT2D eigenvalue weighted by Crippen LogP contribution is 2.15. The molecule has 1 unspecified atom stereocenters. The zero-order chi connectivity index (χ0) is 19.1. The molecular formula is C20H23N5O2. The van der Waals surface area contributed by atoms with E-state index >= 15 is 0 Å². The molecule has 0 spiro atoms. The van der Waals surface area contributed by atoms with Crippen LogP contribution in [0.25, 0.3) is 5.69 Å². The minimum atomic E-state index is -0.227. The molecule has 3 rings (SSSR count). The largest absolute Gasteiger partial charge is 0.492 e. The number of benzene rings is 2. The Hall–Kier alpha value is -3.35. The standard InChI is InChI=1S/C20H23N5O2/c1-15-3-9-19(10-4-15)27-12-11-22-20(26)24-16(2)17-5-7-18(8-6-17)25-14-21-13-23-25/h3-10,13-14,16H,11-12H2,1-2H3,(H2,22,24,26). The normalized spacial score (nSPS) is 11.6. The molecule has 1 atom stereocenters. The molecule has 1 aromatic heterocycles. The van der Waals surface area contributed by atoms with E-state index < -0.39 is 0 Å². The van der Waals surface area contributed by atoms with Crippen LogP contribution in [-0.4, -0.2) is 33.9 Å². The molecule has 0 bridgehead atoms. The summed E-state index contributed by atoms with van der Waals surface area (Å²) in [5.74, 6) is 0.795. The van der Waals surface area contributed by atoms with Crippen LogP contribution in [0.15, 0.2) is 61.2 Å². The number of ether oxygens (including phenoxy) is 1. The fraction of sp³-hybridized carbons (Fsp3) is 0.250. The van der Waals surface area contributed by atoms with E-state index in [0.29, 0.717) is 13.2 Å². The van der Waals surface area contributed by atoms with Crippen LogP contribution in [-0.2, 0) is 0 Å². The van der Waals surface area contributed by atoms with Crippen molar-refractivity contribution in [3.63, 3.8) is 0 Å². The number of nitrogens with zero attached hydrogens (tertiary/aromatic N) is 3. The highest BCUT2D eigenvalue weighted by Gasteiger charge is 2.09. The number of rotatable bonds is 7. The van der Waals surface area contributed by atoms with Crippen LogP contribution in [0.1, 0.15) is 24.1 Å². The molecular weight excluding hydrogens is 342 g/mol. The summed E-state index contributed by atoms with van der Waals surface area (Å²) in [6.07, 6.45) is 3.13. The number of carbonyl (C=O) groups excluding carboxylic acids is 1. The molecule has 0 aliphatic rings. The van der Waals surface area contributed by atoms with E-state index in [1.54, 1.807) is 11.0 Å². The van der Waals surface area contributed by atoms with Crippen LogP contribution in [0, 0.1) is 6.92 Å². The number of aromatic nitrogens is 3. The van der Waals surface area contributed by atoms with Gasteiger partial charge in [-0.2, -0.15) is 5.10 Å². The van der Waals surface area contributed by atoms with Crippen LogP contribution in [0.2, 0.25) is 0 Å². The maximum atomic E-state index is 12.0. The summed E-state index contributed by atoms with van der Waals surface area (Å²) in [5, 5.41) is 9.81. The van der Waals surface area contributed by atoms with Gasteiger partial charge in [0.05, 0.1) is 18.3 Å². The number of hydrogen-bond donors (Lipinski definition) is 2. The van der Waals surface area contributed by atoms with Crippen LogP contribution >= 0.6 is 0 Å². The van der Waals surface area contributed by atoms with Gasteiger partial charge in [-0.3, -0.25) is 0 Å². The van der Waals surface area contributed by atoms with Crippen molar-refractivity contribution in [1.82, 2.24) is 25.4 Å². The Morgan fingerprint density at radius 3 is 2.56 bits per heavy atom. The van der Waals surface area contributed by atoms with Crippen LogP contribution in [0.5, 0.6) is 5.75 Å². The second-order valence-electron chi connectivity index (χ2n) is 6.22. The van der Waals surface area contributed by atoms with Crippen LogP contribution < -0.4 is 15.4 Å². The van der Waals surface area contributed by atoms with E-state index in [-0.39, 0.29) is 12.1 Å². The first-order valence-electron chi connectivity index (χ1n) is 8.80. The van der Waals surface area contributed by atoms with Gasteiger partial charge in [0.25, 0.3) is 0 Å². The molecule has 2 N–H and O–H groups in total. The van der Waals surface area contributed by atoms with E-state index in [9.17, 15) is 4.79 Å². The summed E-state index contributed by atoms with van der Waals surface area (Å²) in [6, 6.07) is 15.3. The molecule has 3 aromatic rings. The third kappa shape index (κ3) is 5.31. The highest BCUT2D eigenvalue weighted by atomic mass is 16.5. The zero-order valence-electron chi connectivity index (χ0n) is 15.4. The summed E-state index contributed by atoms with van der Waals surface area (Å²) in [7, 11) is 0. The molecule has 1 heterocycles. The van der Waals surface area contributed by atoms with Gasteiger partial charge in [0.1, 0.15) is 25.0 Å². The lowest BCUT2D eigenvalue weighted by Gasteiger charge is -2.16. The minimum absolute atomic E-state index is 0.118. The first-order chi connectivity index (χ1) is 13.1. The Labute approximate surface area is 158 Å². The number of aryl methyl sites for hydroxylation is 1. The molecule has 0 aliphatic carbocycles. The van der Waals surface area contributed by atoms with Crippen molar-refractivity contribution in [2.75, 3.05) is 13.2 Å². The monoisotopic (exact) mass is 365 g/mol. The molecule has 0 aliphatic heterocycles. The fourth-order valence-electron chi connectivity index (χ4n) is 2.56. The molecule has 0 saturated carbocycles. The van der Waals surface area contributed by atoms with Gasteiger partial charge in [-0.1, -0.05) is 29.8 Å². The molecule has 2 aromatic carbocycles. The predicted molar refractivity (Wildman–Crippen MR) is 103 cm³/mol. The SMILES string of the molecule is Cc1ccc(OCCNC(=O)NC(C)c2ccc(-n3cncn3)cc2)cc1. The van der Waals surface area contributed by atoms with E-state index in [0.717, 1.165) is 17.0 Å². The van der Waals surface area contributed by atoms with E-state index in [2.05, 4.69) is 20.7 Å². The molecule has 7 nitrogen and oxygen atoms in total. The second kappa shape index (κ2) is 8.84. The lowest BCUT2D eigenvalue weighted by atomic mass is 10.1. The maximum absolute atomic E-state index is 12.0. The van der Waals surface area contributed by atoms with Crippen molar-refractivity contribution < 1.29 is 9.53 Å². The minimum Gasteiger partial charge on any atom is -0.492 e. The predicted octanol–water partition coefficient (Wildman–Crippen LogP) is 3.01. The number of nitrogens with one attached hydrogen (secondary N) is 2. The lowest BCUT2D eigenvalue weighted by molar-refractivity contribution is 0.233. The van der Waals surface area contributed by atoms with Gasteiger partial charge in [-0.25, -0.2) is 14.5 Å². The molecule has 0 saturated heterocycles. The third-order valence-corrected chi connectivity index (χ3v) is 4.10. The van der Waals surface area contributed by atoms with Gasteiger partial charge in [-0.15, -0.1) is 0 Å². The van der Waals surface area contributed by atoms with E-state index in [1.165, 1.54) is 11.9 Å².